The normalized spacial score (nSPS) is 13.4. The Balaban J connectivity index is 3.33. The van der Waals surface area contributed by atoms with Gasteiger partial charge in [-0.25, -0.2) is 0 Å². The van der Waals surface area contributed by atoms with E-state index in [1.807, 2.05) is 0 Å². The van der Waals surface area contributed by atoms with Crippen molar-refractivity contribution in [2.24, 2.45) is 5.92 Å². The molecule has 0 aliphatic heterocycles. The molecule has 0 N–H and O–H groups in total. The zero-order chi connectivity index (χ0) is 10.1. The Labute approximate surface area is 80.7 Å². The average molecular weight is 183 g/mol. The van der Waals surface area contributed by atoms with Crippen LogP contribution in [0.5, 0.6) is 0 Å². The summed E-state index contributed by atoms with van der Waals surface area (Å²) in [5.74, 6) is -1.27. The van der Waals surface area contributed by atoms with Gasteiger partial charge in [0, 0.05) is 5.97 Å². The standard InChI is InChI=1S/C11H20O2/c1-3-4-5-6-7-8-9-10(2)11(12)13/h6-7,10H,3-5,8-9H2,1-2H3,(H,12,13)/p-1/b7-6+. The van der Waals surface area contributed by atoms with Crippen LogP contribution in [0.25, 0.3) is 0 Å². The number of carboxylic acid groups (broad SMARTS) is 1. The number of hydrogen-bond donors (Lipinski definition) is 0. The van der Waals surface area contributed by atoms with E-state index in [-0.39, 0.29) is 5.92 Å². The minimum atomic E-state index is -0.943. The van der Waals surface area contributed by atoms with Crippen molar-refractivity contribution in [3.8, 4) is 0 Å². The summed E-state index contributed by atoms with van der Waals surface area (Å²) in [5, 5.41) is 10.3. The maximum absolute atomic E-state index is 10.3. The fourth-order valence-corrected chi connectivity index (χ4v) is 1.02. The van der Waals surface area contributed by atoms with Gasteiger partial charge in [-0.15, -0.1) is 0 Å². The Morgan fingerprint density at radius 3 is 2.54 bits per heavy atom. The van der Waals surface area contributed by atoms with E-state index in [9.17, 15) is 9.90 Å². The molecular formula is C11H19O2-. The molecule has 0 amide bonds. The molecule has 0 aromatic heterocycles. The number of hydrogen-bond acceptors (Lipinski definition) is 2. The van der Waals surface area contributed by atoms with Crippen LogP contribution < -0.4 is 5.11 Å². The van der Waals surface area contributed by atoms with Crippen molar-refractivity contribution in [2.75, 3.05) is 0 Å². The van der Waals surface area contributed by atoms with Crippen molar-refractivity contribution < 1.29 is 9.90 Å². The third-order valence-corrected chi connectivity index (χ3v) is 2.06. The van der Waals surface area contributed by atoms with Gasteiger partial charge in [0.2, 0.25) is 0 Å². The molecule has 0 spiro atoms. The van der Waals surface area contributed by atoms with Gasteiger partial charge in [0.15, 0.2) is 0 Å². The second kappa shape index (κ2) is 7.84. The molecule has 0 aliphatic rings. The van der Waals surface area contributed by atoms with E-state index >= 15 is 0 Å². The van der Waals surface area contributed by atoms with Crippen LogP contribution in [-0.2, 0) is 4.79 Å². The Bertz CT molecular complexity index is 161. The van der Waals surface area contributed by atoms with Crippen LogP contribution in [0.3, 0.4) is 0 Å². The number of carbonyl (C=O) groups excluding carboxylic acids is 1. The molecule has 0 fully saturated rings. The monoisotopic (exact) mass is 183 g/mol. The number of allylic oxidation sites excluding steroid dienone is 2. The van der Waals surface area contributed by atoms with E-state index in [2.05, 4.69) is 19.1 Å². The van der Waals surface area contributed by atoms with Gasteiger partial charge < -0.3 is 9.90 Å². The van der Waals surface area contributed by atoms with Crippen molar-refractivity contribution in [3.05, 3.63) is 12.2 Å². The Morgan fingerprint density at radius 2 is 2.00 bits per heavy atom. The largest absolute Gasteiger partial charge is 0.550 e. The summed E-state index contributed by atoms with van der Waals surface area (Å²) >= 11 is 0. The van der Waals surface area contributed by atoms with Gasteiger partial charge in [0.1, 0.15) is 0 Å². The van der Waals surface area contributed by atoms with Gasteiger partial charge in [-0.1, -0.05) is 38.8 Å². The van der Waals surface area contributed by atoms with E-state index in [4.69, 9.17) is 0 Å². The SMILES string of the molecule is CCCC/C=C/CCC(C)C(=O)[O-]. The lowest BCUT2D eigenvalue weighted by Crippen LogP contribution is -2.29. The van der Waals surface area contributed by atoms with Crippen molar-refractivity contribution >= 4 is 5.97 Å². The van der Waals surface area contributed by atoms with Crippen LogP contribution in [0.4, 0.5) is 0 Å². The highest BCUT2D eigenvalue weighted by Gasteiger charge is 1.99. The molecule has 0 aromatic rings. The summed E-state index contributed by atoms with van der Waals surface area (Å²) in [7, 11) is 0. The van der Waals surface area contributed by atoms with Crippen molar-refractivity contribution in [2.45, 2.75) is 46.0 Å². The van der Waals surface area contributed by atoms with E-state index < -0.39 is 5.97 Å². The Kier molecular flexibility index (Phi) is 7.36. The zero-order valence-electron chi connectivity index (χ0n) is 8.58. The molecule has 0 aliphatic carbocycles. The van der Waals surface area contributed by atoms with Gasteiger partial charge in [-0.3, -0.25) is 0 Å². The summed E-state index contributed by atoms with van der Waals surface area (Å²) in [6, 6.07) is 0. The molecule has 2 nitrogen and oxygen atoms in total. The maximum Gasteiger partial charge on any atom is 0.0442 e. The first-order valence-electron chi connectivity index (χ1n) is 5.04. The van der Waals surface area contributed by atoms with Crippen LogP contribution >= 0.6 is 0 Å². The van der Waals surface area contributed by atoms with Crippen molar-refractivity contribution in [1.82, 2.24) is 0 Å². The Morgan fingerprint density at radius 1 is 1.38 bits per heavy atom. The van der Waals surface area contributed by atoms with E-state index in [1.165, 1.54) is 12.8 Å². The molecule has 0 heterocycles. The molecule has 1 unspecified atom stereocenters. The van der Waals surface area contributed by atoms with Gasteiger partial charge in [0.05, 0.1) is 0 Å². The summed E-state index contributed by atoms with van der Waals surface area (Å²) < 4.78 is 0. The van der Waals surface area contributed by atoms with Crippen LogP contribution in [0, 0.1) is 5.92 Å². The average Bonchev–Trinajstić information content (AvgIpc) is 2.10. The smallest absolute Gasteiger partial charge is 0.0442 e. The van der Waals surface area contributed by atoms with Crippen LogP contribution in [0.15, 0.2) is 12.2 Å². The molecule has 76 valence electrons. The predicted octanol–water partition coefficient (Wildman–Crippen LogP) is 1.90. The highest BCUT2D eigenvalue weighted by atomic mass is 16.4. The summed E-state index contributed by atoms with van der Waals surface area (Å²) in [6.45, 7) is 3.85. The molecular weight excluding hydrogens is 164 g/mol. The first kappa shape index (κ1) is 12.2. The number of carbonyl (C=O) groups is 1. The number of unbranched alkanes of at least 4 members (excludes halogenated alkanes) is 2. The summed E-state index contributed by atoms with van der Waals surface area (Å²) in [4.78, 5) is 10.3. The minimum Gasteiger partial charge on any atom is -0.550 e. The lowest BCUT2D eigenvalue weighted by atomic mass is 10.1. The first-order valence-corrected chi connectivity index (χ1v) is 5.04. The topological polar surface area (TPSA) is 40.1 Å². The summed E-state index contributed by atoms with van der Waals surface area (Å²) in [5.41, 5.74) is 0. The van der Waals surface area contributed by atoms with E-state index in [1.54, 1.807) is 6.92 Å². The molecule has 1 atom stereocenters. The fraction of sp³-hybridized carbons (Fsp3) is 0.727. The maximum atomic E-state index is 10.3. The summed E-state index contributed by atoms with van der Waals surface area (Å²) in [6.07, 6.45) is 9.26. The van der Waals surface area contributed by atoms with Crippen LogP contribution in [0.1, 0.15) is 46.0 Å². The van der Waals surface area contributed by atoms with Crippen LogP contribution in [0.2, 0.25) is 0 Å². The first-order chi connectivity index (χ1) is 6.18. The molecule has 0 bridgehead atoms. The molecule has 2 heteroatoms. The van der Waals surface area contributed by atoms with E-state index in [0.717, 1.165) is 12.8 Å². The highest BCUT2D eigenvalue weighted by molar-refractivity contribution is 5.66. The predicted molar refractivity (Wildman–Crippen MR) is 52.1 cm³/mol. The molecule has 0 saturated carbocycles. The Hall–Kier alpha value is -0.790. The highest BCUT2D eigenvalue weighted by Crippen LogP contribution is 2.05. The van der Waals surface area contributed by atoms with Crippen molar-refractivity contribution in [3.63, 3.8) is 0 Å². The lowest BCUT2D eigenvalue weighted by molar-refractivity contribution is -0.311. The lowest BCUT2D eigenvalue weighted by Gasteiger charge is -2.09. The third-order valence-electron chi connectivity index (χ3n) is 2.06. The molecule has 0 saturated heterocycles. The minimum absolute atomic E-state index is 0.323. The number of carboxylic acids is 1. The fourth-order valence-electron chi connectivity index (χ4n) is 1.02. The molecule has 0 radical (unpaired) electrons. The van der Waals surface area contributed by atoms with Gasteiger partial charge >= 0.3 is 0 Å². The molecule has 0 rings (SSSR count). The number of rotatable bonds is 7. The quantitative estimate of drug-likeness (QED) is 0.446. The van der Waals surface area contributed by atoms with Gasteiger partial charge in [0.25, 0.3) is 0 Å². The second-order valence-electron chi connectivity index (χ2n) is 3.41. The number of aliphatic carboxylic acids is 1. The molecule has 0 aromatic carbocycles. The van der Waals surface area contributed by atoms with Crippen LogP contribution in [-0.4, -0.2) is 5.97 Å². The second-order valence-corrected chi connectivity index (χ2v) is 3.41. The zero-order valence-corrected chi connectivity index (χ0v) is 8.58. The van der Waals surface area contributed by atoms with Gasteiger partial charge in [-0.2, -0.15) is 0 Å². The molecule has 13 heavy (non-hydrogen) atoms. The van der Waals surface area contributed by atoms with Gasteiger partial charge in [-0.05, 0) is 25.2 Å². The third kappa shape index (κ3) is 7.57. The van der Waals surface area contributed by atoms with E-state index in [0.29, 0.717) is 6.42 Å². The van der Waals surface area contributed by atoms with Crippen molar-refractivity contribution in [1.29, 1.82) is 0 Å².